The Labute approximate surface area is 111 Å². The molecule has 1 atom stereocenters. The van der Waals surface area contributed by atoms with Crippen molar-refractivity contribution >= 4 is 17.6 Å². The summed E-state index contributed by atoms with van der Waals surface area (Å²) in [6.45, 7) is 1.34. The standard InChI is InChI=1S/C13H17NO5/c1-8(13(16)17)12(15)14(2)10-7-9(18-3)5-6-11(10)19-4/h5-8H,1-4H3,(H,16,17). The number of ether oxygens (including phenoxy) is 2. The Balaban J connectivity index is 3.13. The number of aliphatic carboxylic acids is 1. The Hall–Kier alpha value is -2.24. The Morgan fingerprint density at radius 3 is 2.37 bits per heavy atom. The zero-order chi connectivity index (χ0) is 14.6. The lowest BCUT2D eigenvalue weighted by molar-refractivity contribution is -0.145. The topological polar surface area (TPSA) is 76.1 Å². The Morgan fingerprint density at radius 1 is 1.26 bits per heavy atom. The number of amides is 1. The Morgan fingerprint density at radius 2 is 1.89 bits per heavy atom. The highest BCUT2D eigenvalue weighted by Crippen LogP contribution is 2.32. The fraction of sp³-hybridized carbons (Fsp3) is 0.385. The minimum atomic E-state index is -1.17. The van der Waals surface area contributed by atoms with E-state index in [0.717, 1.165) is 0 Å². The molecule has 1 aromatic rings. The van der Waals surface area contributed by atoms with Gasteiger partial charge in [0.15, 0.2) is 0 Å². The van der Waals surface area contributed by atoms with Gasteiger partial charge in [-0.3, -0.25) is 9.59 Å². The molecule has 0 aliphatic rings. The molecule has 1 aromatic carbocycles. The van der Waals surface area contributed by atoms with Crippen LogP contribution in [-0.2, 0) is 9.59 Å². The summed E-state index contributed by atoms with van der Waals surface area (Å²) in [4.78, 5) is 24.1. The number of carboxylic acid groups (broad SMARTS) is 1. The first-order valence-corrected chi connectivity index (χ1v) is 5.64. The first-order valence-electron chi connectivity index (χ1n) is 5.64. The molecule has 6 heteroatoms. The number of carboxylic acids is 1. The molecule has 1 N–H and O–H groups in total. The number of carbonyl (C=O) groups excluding carboxylic acids is 1. The number of methoxy groups -OCH3 is 2. The zero-order valence-electron chi connectivity index (χ0n) is 11.3. The molecule has 0 aliphatic carbocycles. The van der Waals surface area contributed by atoms with Gasteiger partial charge in [-0.1, -0.05) is 0 Å². The van der Waals surface area contributed by atoms with Gasteiger partial charge < -0.3 is 19.5 Å². The van der Waals surface area contributed by atoms with Crippen LogP contribution in [0.15, 0.2) is 18.2 Å². The number of hydrogen-bond acceptors (Lipinski definition) is 4. The van der Waals surface area contributed by atoms with Crippen molar-refractivity contribution in [2.45, 2.75) is 6.92 Å². The summed E-state index contributed by atoms with van der Waals surface area (Å²) in [6, 6.07) is 4.97. The van der Waals surface area contributed by atoms with Crippen molar-refractivity contribution in [1.29, 1.82) is 0 Å². The van der Waals surface area contributed by atoms with Crippen molar-refractivity contribution in [3.63, 3.8) is 0 Å². The van der Waals surface area contributed by atoms with E-state index in [1.807, 2.05) is 0 Å². The second kappa shape index (κ2) is 6.08. The second-order valence-corrected chi connectivity index (χ2v) is 3.99. The molecule has 0 bridgehead atoms. The quantitative estimate of drug-likeness (QED) is 0.816. The fourth-order valence-electron chi connectivity index (χ4n) is 1.57. The van der Waals surface area contributed by atoms with Crippen molar-refractivity contribution in [3.05, 3.63) is 18.2 Å². The van der Waals surface area contributed by atoms with Crippen LogP contribution in [-0.4, -0.2) is 38.3 Å². The van der Waals surface area contributed by atoms with Gasteiger partial charge in [0.25, 0.3) is 0 Å². The maximum absolute atomic E-state index is 12.0. The third-order valence-electron chi connectivity index (χ3n) is 2.82. The van der Waals surface area contributed by atoms with E-state index in [1.54, 1.807) is 18.2 Å². The molecule has 0 aromatic heterocycles. The number of benzene rings is 1. The van der Waals surface area contributed by atoms with E-state index in [-0.39, 0.29) is 0 Å². The molecule has 0 saturated heterocycles. The number of rotatable bonds is 5. The molecule has 0 aliphatic heterocycles. The van der Waals surface area contributed by atoms with E-state index in [0.29, 0.717) is 17.2 Å². The molecular formula is C13H17NO5. The fourth-order valence-corrected chi connectivity index (χ4v) is 1.57. The highest BCUT2D eigenvalue weighted by molar-refractivity contribution is 6.05. The maximum Gasteiger partial charge on any atom is 0.315 e. The summed E-state index contributed by atoms with van der Waals surface area (Å²) in [5.41, 5.74) is 0.458. The van der Waals surface area contributed by atoms with Crippen LogP contribution < -0.4 is 14.4 Å². The average Bonchev–Trinajstić information content (AvgIpc) is 2.43. The van der Waals surface area contributed by atoms with E-state index in [9.17, 15) is 9.59 Å². The first kappa shape index (κ1) is 14.8. The molecule has 6 nitrogen and oxygen atoms in total. The minimum Gasteiger partial charge on any atom is -0.497 e. The molecule has 104 valence electrons. The van der Waals surface area contributed by atoms with Crippen molar-refractivity contribution in [3.8, 4) is 11.5 Å². The molecule has 0 spiro atoms. The van der Waals surface area contributed by atoms with Crippen LogP contribution in [0.4, 0.5) is 5.69 Å². The number of nitrogens with zero attached hydrogens (tertiary/aromatic N) is 1. The lowest BCUT2D eigenvalue weighted by atomic mass is 10.1. The molecule has 1 amide bonds. The van der Waals surface area contributed by atoms with E-state index >= 15 is 0 Å². The monoisotopic (exact) mass is 267 g/mol. The van der Waals surface area contributed by atoms with Crippen molar-refractivity contribution in [2.75, 3.05) is 26.2 Å². The summed E-state index contributed by atoms with van der Waals surface area (Å²) in [6.07, 6.45) is 0. The van der Waals surface area contributed by atoms with Crippen LogP contribution in [0.1, 0.15) is 6.92 Å². The van der Waals surface area contributed by atoms with E-state index < -0.39 is 17.8 Å². The average molecular weight is 267 g/mol. The zero-order valence-corrected chi connectivity index (χ0v) is 11.3. The van der Waals surface area contributed by atoms with E-state index in [2.05, 4.69) is 0 Å². The predicted octanol–water partition coefficient (Wildman–Crippen LogP) is 1.39. The highest BCUT2D eigenvalue weighted by Gasteiger charge is 2.26. The normalized spacial score (nSPS) is 11.6. The van der Waals surface area contributed by atoms with Gasteiger partial charge >= 0.3 is 5.97 Å². The van der Waals surface area contributed by atoms with Crippen LogP contribution in [0, 0.1) is 5.92 Å². The number of hydrogen-bond donors (Lipinski definition) is 1. The van der Waals surface area contributed by atoms with Gasteiger partial charge in [-0.25, -0.2) is 0 Å². The van der Waals surface area contributed by atoms with Gasteiger partial charge in [-0.2, -0.15) is 0 Å². The molecule has 19 heavy (non-hydrogen) atoms. The van der Waals surface area contributed by atoms with Crippen molar-refractivity contribution in [1.82, 2.24) is 0 Å². The predicted molar refractivity (Wildman–Crippen MR) is 69.8 cm³/mol. The number of anilines is 1. The first-order chi connectivity index (χ1) is 8.92. The van der Waals surface area contributed by atoms with Crippen LogP contribution in [0.3, 0.4) is 0 Å². The third kappa shape index (κ3) is 3.15. The second-order valence-electron chi connectivity index (χ2n) is 3.99. The van der Waals surface area contributed by atoms with Gasteiger partial charge in [0.05, 0.1) is 19.9 Å². The van der Waals surface area contributed by atoms with Gasteiger partial charge in [-0.15, -0.1) is 0 Å². The largest absolute Gasteiger partial charge is 0.497 e. The Kier molecular flexibility index (Phi) is 4.74. The van der Waals surface area contributed by atoms with Gasteiger partial charge in [-0.05, 0) is 19.1 Å². The smallest absolute Gasteiger partial charge is 0.315 e. The number of carbonyl (C=O) groups is 2. The minimum absolute atomic E-state index is 0.458. The third-order valence-corrected chi connectivity index (χ3v) is 2.82. The van der Waals surface area contributed by atoms with Gasteiger partial charge in [0.2, 0.25) is 5.91 Å². The molecule has 1 rings (SSSR count). The summed E-state index contributed by atoms with van der Waals surface area (Å²) in [7, 11) is 4.48. The highest BCUT2D eigenvalue weighted by atomic mass is 16.5. The van der Waals surface area contributed by atoms with Crippen LogP contribution >= 0.6 is 0 Å². The van der Waals surface area contributed by atoms with Crippen LogP contribution in [0.2, 0.25) is 0 Å². The molecule has 0 heterocycles. The lowest BCUT2D eigenvalue weighted by Crippen LogP contribution is -2.35. The summed E-state index contributed by atoms with van der Waals surface area (Å²) >= 11 is 0. The maximum atomic E-state index is 12.0. The summed E-state index contributed by atoms with van der Waals surface area (Å²) in [5, 5.41) is 8.87. The molecule has 0 saturated carbocycles. The SMILES string of the molecule is COc1ccc(OC)c(N(C)C(=O)C(C)C(=O)O)c1. The van der Waals surface area contributed by atoms with Gasteiger partial charge in [0.1, 0.15) is 17.4 Å². The van der Waals surface area contributed by atoms with Crippen molar-refractivity contribution < 1.29 is 24.2 Å². The molecular weight excluding hydrogens is 250 g/mol. The Bertz CT molecular complexity index is 486. The van der Waals surface area contributed by atoms with Crippen molar-refractivity contribution in [2.24, 2.45) is 5.92 Å². The lowest BCUT2D eigenvalue weighted by Gasteiger charge is -2.22. The summed E-state index contributed by atoms with van der Waals surface area (Å²) < 4.78 is 10.2. The van der Waals surface area contributed by atoms with E-state index in [4.69, 9.17) is 14.6 Å². The summed E-state index contributed by atoms with van der Waals surface area (Å²) in [5.74, 6) is -1.80. The molecule has 1 unspecified atom stereocenters. The van der Waals surface area contributed by atoms with Gasteiger partial charge in [0, 0.05) is 13.1 Å². The molecule has 0 fully saturated rings. The molecule has 0 radical (unpaired) electrons. The van der Waals surface area contributed by atoms with E-state index in [1.165, 1.54) is 33.1 Å². The van der Waals surface area contributed by atoms with Crippen LogP contribution in [0.25, 0.3) is 0 Å². The van der Waals surface area contributed by atoms with Crippen LogP contribution in [0.5, 0.6) is 11.5 Å².